The largest absolute Gasteiger partial charge is 0.423 e. The lowest BCUT2D eigenvalue weighted by atomic mass is 9.97. The molecule has 4 nitrogen and oxygen atoms in total. The molecule has 0 saturated carbocycles. The van der Waals surface area contributed by atoms with E-state index in [0.717, 1.165) is 38.6 Å². The van der Waals surface area contributed by atoms with Gasteiger partial charge in [-0.15, -0.1) is 0 Å². The van der Waals surface area contributed by atoms with Gasteiger partial charge in [0.25, 0.3) is 0 Å². The third-order valence-electron chi connectivity index (χ3n) is 11.4. The number of rotatable bonds is 4. The van der Waals surface area contributed by atoms with Crippen LogP contribution in [0.15, 0.2) is 192 Å². The highest BCUT2D eigenvalue weighted by Gasteiger charge is 2.20. The predicted molar refractivity (Wildman–Crippen MR) is 229 cm³/mol. The Balaban J connectivity index is 0.993. The van der Waals surface area contributed by atoms with Crippen molar-refractivity contribution in [3.63, 3.8) is 0 Å². The van der Waals surface area contributed by atoms with Gasteiger partial charge in [-0.2, -0.15) is 4.98 Å². The number of benzene rings is 9. The molecule has 0 atom stereocenters. The first-order valence-electron chi connectivity index (χ1n) is 18.7. The lowest BCUT2D eigenvalue weighted by molar-refractivity contribution is 0.574. The van der Waals surface area contributed by atoms with Gasteiger partial charge in [0.05, 0.1) is 22.1 Å². The summed E-state index contributed by atoms with van der Waals surface area (Å²) in [6, 6.07) is 68.2. The summed E-state index contributed by atoms with van der Waals surface area (Å²) in [6.45, 7) is 0. The standard InChI is InChI=1S/C51H31N3O/c1-2-11-38-33(10-1)20-21-35-30-34(24-28-39(35)38)32-22-26-37(27-23-32)53-46-17-7-4-13-42(46)50-40(14-9-18-48(50)53)36-25-29-47-43(31-36)41-12-3-6-16-45(41)54(47)51-52-44-15-5-8-19-49(44)55-51/h1-31H. The highest BCUT2D eigenvalue weighted by molar-refractivity contribution is 6.17. The quantitative estimate of drug-likeness (QED) is 0.171. The molecule has 3 aromatic heterocycles. The Labute approximate surface area is 315 Å². The summed E-state index contributed by atoms with van der Waals surface area (Å²) in [5.41, 5.74) is 12.0. The minimum atomic E-state index is 0.575. The molecule has 0 radical (unpaired) electrons. The Bertz CT molecular complexity index is 3460. The van der Waals surface area contributed by atoms with Crippen LogP contribution < -0.4 is 0 Å². The number of hydrogen-bond acceptors (Lipinski definition) is 2. The summed E-state index contributed by atoms with van der Waals surface area (Å²) in [6.07, 6.45) is 0. The second-order valence-electron chi connectivity index (χ2n) is 14.4. The molecular formula is C51H31N3O. The van der Waals surface area contributed by atoms with Gasteiger partial charge in [-0.25, -0.2) is 0 Å². The molecule has 3 heterocycles. The molecule has 0 aliphatic heterocycles. The van der Waals surface area contributed by atoms with E-state index in [4.69, 9.17) is 9.40 Å². The average Bonchev–Trinajstić information content (AvgIpc) is 3.93. The Kier molecular flexibility index (Phi) is 6.31. The van der Waals surface area contributed by atoms with Gasteiger partial charge in [0, 0.05) is 27.2 Å². The molecule has 12 rings (SSSR count). The summed E-state index contributed by atoms with van der Waals surface area (Å²) >= 11 is 0. The van der Waals surface area contributed by atoms with Crippen molar-refractivity contribution in [3.8, 4) is 34.0 Å². The first kappa shape index (κ1) is 30.1. The number of para-hydroxylation sites is 4. The zero-order chi connectivity index (χ0) is 36.0. The third-order valence-corrected chi connectivity index (χ3v) is 11.4. The molecule has 0 unspecified atom stereocenters. The van der Waals surface area contributed by atoms with Crippen molar-refractivity contribution in [2.75, 3.05) is 0 Å². The molecule has 9 aromatic carbocycles. The van der Waals surface area contributed by atoms with E-state index in [-0.39, 0.29) is 0 Å². The van der Waals surface area contributed by atoms with Gasteiger partial charge in [0.1, 0.15) is 5.52 Å². The van der Waals surface area contributed by atoms with Gasteiger partial charge in [-0.05, 0) is 104 Å². The first-order valence-corrected chi connectivity index (χ1v) is 18.7. The zero-order valence-corrected chi connectivity index (χ0v) is 29.6. The molecular weight excluding hydrogens is 671 g/mol. The monoisotopic (exact) mass is 701 g/mol. The van der Waals surface area contributed by atoms with Gasteiger partial charge >= 0.3 is 6.01 Å². The SMILES string of the molecule is c1ccc2c(c1)ccc1cc(-c3ccc(-n4c5ccccc5c5c(-c6ccc7c(c6)c6ccccc6n7-c6nc7ccccc7o6)cccc54)cc3)ccc12. The van der Waals surface area contributed by atoms with E-state index in [1.807, 2.05) is 24.3 Å². The van der Waals surface area contributed by atoms with E-state index < -0.39 is 0 Å². The normalized spacial score (nSPS) is 12.0. The maximum atomic E-state index is 6.31. The number of fused-ring (bicyclic) bond motifs is 10. The fourth-order valence-corrected chi connectivity index (χ4v) is 8.84. The predicted octanol–water partition coefficient (Wildman–Crippen LogP) is 13.7. The van der Waals surface area contributed by atoms with Gasteiger partial charge < -0.3 is 8.98 Å². The molecule has 256 valence electrons. The summed E-state index contributed by atoms with van der Waals surface area (Å²) in [7, 11) is 0. The molecule has 0 aliphatic carbocycles. The fraction of sp³-hybridized carbons (Fsp3) is 0. The van der Waals surface area contributed by atoms with Crippen molar-refractivity contribution in [2.45, 2.75) is 0 Å². The molecule has 0 bridgehead atoms. The van der Waals surface area contributed by atoms with Crippen LogP contribution in [0.5, 0.6) is 0 Å². The van der Waals surface area contributed by atoms with Crippen molar-refractivity contribution in [2.24, 2.45) is 0 Å². The fourth-order valence-electron chi connectivity index (χ4n) is 8.84. The minimum absolute atomic E-state index is 0.575. The molecule has 0 fully saturated rings. The van der Waals surface area contributed by atoms with Crippen LogP contribution in [0, 0.1) is 0 Å². The average molecular weight is 702 g/mol. The smallest absolute Gasteiger partial charge is 0.307 e. The van der Waals surface area contributed by atoms with Crippen molar-refractivity contribution in [1.29, 1.82) is 0 Å². The van der Waals surface area contributed by atoms with Gasteiger partial charge in [0.15, 0.2) is 5.58 Å². The van der Waals surface area contributed by atoms with Crippen LogP contribution in [-0.2, 0) is 0 Å². The van der Waals surface area contributed by atoms with Crippen molar-refractivity contribution >= 4 is 76.3 Å². The number of hydrogen-bond donors (Lipinski definition) is 0. The summed E-state index contributed by atoms with van der Waals surface area (Å²) < 4.78 is 10.9. The molecule has 0 aliphatic rings. The van der Waals surface area contributed by atoms with E-state index in [1.54, 1.807) is 0 Å². The van der Waals surface area contributed by atoms with E-state index in [0.29, 0.717) is 6.01 Å². The molecule has 0 spiro atoms. The Morgan fingerprint density at radius 2 is 1.04 bits per heavy atom. The number of nitrogens with zero attached hydrogens (tertiary/aromatic N) is 3. The number of oxazole rings is 1. The topological polar surface area (TPSA) is 35.9 Å². The van der Waals surface area contributed by atoms with Gasteiger partial charge in [0.2, 0.25) is 0 Å². The minimum Gasteiger partial charge on any atom is -0.423 e. The van der Waals surface area contributed by atoms with E-state index in [9.17, 15) is 0 Å². The second-order valence-corrected chi connectivity index (χ2v) is 14.4. The highest BCUT2D eigenvalue weighted by atomic mass is 16.4. The van der Waals surface area contributed by atoms with Crippen LogP contribution in [0.2, 0.25) is 0 Å². The molecule has 12 aromatic rings. The van der Waals surface area contributed by atoms with Crippen LogP contribution >= 0.6 is 0 Å². The van der Waals surface area contributed by atoms with Crippen LogP contribution in [0.4, 0.5) is 0 Å². The lowest BCUT2D eigenvalue weighted by Crippen LogP contribution is -1.94. The van der Waals surface area contributed by atoms with Crippen molar-refractivity contribution in [3.05, 3.63) is 188 Å². The van der Waals surface area contributed by atoms with E-state index in [2.05, 4.69) is 173 Å². The maximum Gasteiger partial charge on any atom is 0.307 e. The van der Waals surface area contributed by atoms with E-state index >= 15 is 0 Å². The van der Waals surface area contributed by atoms with E-state index in [1.165, 1.54) is 65.6 Å². The highest BCUT2D eigenvalue weighted by Crippen LogP contribution is 2.41. The first-order chi connectivity index (χ1) is 27.3. The lowest BCUT2D eigenvalue weighted by Gasteiger charge is -2.11. The Morgan fingerprint density at radius 3 is 1.91 bits per heavy atom. The van der Waals surface area contributed by atoms with Gasteiger partial charge in [-0.1, -0.05) is 127 Å². The van der Waals surface area contributed by atoms with Crippen LogP contribution in [-0.4, -0.2) is 14.1 Å². The molecule has 0 amide bonds. The molecule has 4 heteroatoms. The van der Waals surface area contributed by atoms with Crippen LogP contribution in [0.3, 0.4) is 0 Å². The Morgan fingerprint density at radius 1 is 0.382 bits per heavy atom. The molecule has 0 saturated heterocycles. The Hall–Kier alpha value is -7.43. The van der Waals surface area contributed by atoms with Gasteiger partial charge in [-0.3, -0.25) is 4.57 Å². The molecule has 55 heavy (non-hydrogen) atoms. The summed E-state index contributed by atoms with van der Waals surface area (Å²) in [5, 5.41) is 9.89. The molecule has 0 N–H and O–H groups in total. The summed E-state index contributed by atoms with van der Waals surface area (Å²) in [4.78, 5) is 4.88. The third kappa shape index (κ3) is 4.49. The second kappa shape index (κ2) is 11.5. The number of aromatic nitrogens is 3. The van der Waals surface area contributed by atoms with Crippen LogP contribution in [0.25, 0.3) is 110 Å². The zero-order valence-electron chi connectivity index (χ0n) is 29.6. The maximum absolute atomic E-state index is 6.31. The van der Waals surface area contributed by atoms with Crippen molar-refractivity contribution in [1.82, 2.24) is 14.1 Å². The van der Waals surface area contributed by atoms with Crippen molar-refractivity contribution < 1.29 is 4.42 Å². The summed E-state index contributed by atoms with van der Waals surface area (Å²) in [5.74, 6) is 0. The van der Waals surface area contributed by atoms with Crippen LogP contribution in [0.1, 0.15) is 0 Å².